The maximum Gasteiger partial charge on any atom is 0.270 e. The summed E-state index contributed by atoms with van der Waals surface area (Å²) in [5.41, 5.74) is 1.96. The van der Waals surface area contributed by atoms with Crippen LogP contribution in [0, 0.1) is 18.3 Å². The molecule has 0 aliphatic carbocycles. The fraction of sp³-hybridized carbons (Fsp3) is 0.600. The quantitative estimate of drug-likeness (QED) is 0.455. The highest BCUT2D eigenvalue weighted by molar-refractivity contribution is 5.50. The van der Waals surface area contributed by atoms with Gasteiger partial charge < -0.3 is 0 Å². The number of aryl methyl sites for hydroxylation is 1. The van der Waals surface area contributed by atoms with E-state index in [9.17, 15) is 8.78 Å². The lowest BCUT2D eigenvalue weighted by Gasteiger charge is -2.15. The number of rotatable bonds is 4. The van der Waals surface area contributed by atoms with Gasteiger partial charge >= 0.3 is 0 Å². The molecule has 158 valence electrons. The van der Waals surface area contributed by atoms with E-state index >= 15 is 0 Å². The minimum absolute atomic E-state index is 0.0740. The third kappa shape index (κ3) is 19.1. The Bertz CT molecular complexity index is 500. The largest absolute Gasteiger partial charge is 0.270 e. The summed E-state index contributed by atoms with van der Waals surface area (Å²) in [6, 6.07) is 4.93. The average Bonchev–Trinajstić information content (AvgIpc) is 2.56. The van der Waals surface area contributed by atoms with Crippen LogP contribution in [0.15, 0.2) is 37.4 Å². The molecule has 1 aromatic rings. The Morgan fingerprint density at radius 2 is 1.48 bits per heavy atom. The molecule has 0 saturated heterocycles. The monoisotopic (exact) mass is 382 g/mol. The minimum atomic E-state index is -2.77. The molecule has 0 spiro atoms. The Morgan fingerprint density at radius 1 is 1.04 bits per heavy atom. The van der Waals surface area contributed by atoms with E-state index in [4.69, 9.17) is 0 Å². The predicted molar refractivity (Wildman–Crippen MR) is 122 cm³/mol. The molecule has 0 atom stereocenters. The first-order valence-corrected chi connectivity index (χ1v) is 10.0. The van der Waals surface area contributed by atoms with Crippen molar-refractivity contribution in [3.8, 4) is 0 Å². The summed E-state index contributed by atoms with van der Waals surface area (Å²) in [5.74, 6) is -2.13. The van der Waals surface area contributed by atoms with Crippen molar-refractivity contribution in [2.45, 2.75) is 88.0 Å². The van der Waals surface area contributed by atoms with Gasteiger partial charge in [0.05, 0.1) is 0 Å². The van der Waals surface area contributed by atoms with Gasteiger partial charge in [-0.15, -0.1) is 6.58 Å². The number of allylic oxidation sites excluding steroid dienone is 1. The first kappa shape index (κ1) is 30.3. The van der Waals surface area contributed by atoms with Crippen LogP contribution in [0.4, 0.5) is 8.78 Å². The van der Waals surface area contributed by atoms with Crippen LogP contribution in [0.2, 0.25) is 0 Å². The van der Waals surface area contributed by atoms with Gasteiger partial charge in [-0.25, -0.2) is 8.78 Å². The molecule has 0 saturated carbocycles. The van der Waals surface area contributed by atoms with Gasteiger partial charge in [-0.3, -0.25) is 0 Å². The van der Waals surface area contributed by atoms with Crippen molar-refractivity contribution in [1.82, 2.24) is 0 Å². The SMILES string of the molecule is C=CC(C)C.C=Cc1ccc(C)c(C(C)(F)F)c1.CC.CCCC(C)(C)C. The van der Waals surface area contributed by atoms with Crippen molar-refractivity contribution in [2.24, 2.45) is 11.3 Å². The topological polar surface area (TPSA) is 0 Å². The second-order valence-corrected chi connectivity index (χ2v) is 7.96. The van der Waals surface area contributed by atoms with E-state index in [-0.39, 0.29) is 5.56 Å². The van der Waals surface area contributed by atoms with Gasteiger partial charge in [-0.2, -0.15) is 0 Å². The van der Waals surface area contributed by atoms with Crippen molar-refractivity contribution in [1.29, 1.82) is 0 Å². The van der Waals surface area contributed by atoms with E-state index in [1.54, 1.807) is 25.1 Å². The summed E-state index contributed by atoms with van der Waals surface area (Å²) < 4.78 is 26.0. The fourth-order valence-electron chi connectivity index (χ4n) is 1.99. The van der Waals surface area contributed by atoms with Gasteiger partial charge in [0, 0.05) is 12.5 Å². The summed E-state index contributed by atoms with van der Waals surface area (Å²) in [6.45, 7) is 26.9. The Morgan fingerprint density at radius 3 is 1.70 bits per heavy atom. The van der Waals surface area contributed by atoms with Crippen LogP contribution in [0.25, 0.3) is 6.08 Å². The molecule has 0 bridgehead atoms. The summed E-state index contributed by atoms with van der Waals surface area (Å²) in [5, 5.41) is 0. The highest BCUT2D eigenvalue weighted by atomic mass is 19.3. The summed E-state index contributed by atoms with van der Waals surface area (Å²) >= 11 is 0. The molecule has 0 fully saturated rings. The predicted octanol–water partition coefficient (Wildman–Crippen LogP) is 9.44. The van der Waals surface area contributed by atoms with Gasteiger partial charge in [0.2, 0.25) is 0 Å². The molecule has 2 heteroatoms. The second-order valence-electron chi connectivity index (χ2n) is 7.96. The normalized spacial score (nSPS) is 10.4. The van der Waals surface area contributed by atoms with E-state index in [1.165, 1.54) is 18.9 Å². The molecular weight excluding hydrogens is 338 g/mol. The first-order valence-electron chi connectivity index (χ1n) is 10.0. The van der Waals surface area contributed by atoms with Crippen molar-refractivity contribution < 1.29 is 8.78 Å². The number of alkyl halides is 2. The summed E-state index contributed by atoms with van der Waals surface area (Å²) in [6.07, 6.45) is 6.13. The molecule has 0 aromatic heterocycles. The zero-order chi connectivity index (χ0) is 22.3. The number of benzene rings is 1. The average molecular weight is 383 g/mol. The van der Waals surface area contributed by atoms with Gasteiger partial charge in [0.15, 0.2) is 0 Å². The number of hydrogen-bond donors (Lipinski definition) is 0. The lowest BCUT2D eigenvalue weighted by atomic mass is 9.91. The van der Waals surface area contributed by atoms with E-state index in [1.807, 2.05) is 19.9 Å². The second kappa shape index (κ2) is 15.6. The van der Waals surface area contributed by atoms with Crippen molar-refractivity contribution in [2.75, 3.05) is 0 Å². The Hall–Kier alpha value is -1.44. The van der Waals surface area contributed by atoms with Crippen LogP contribution in [0.3, 0.4) is 0 Å². The van der Waals surface area contributed by atoms with Crippen molar-refractivity contribution in [3.05, 3.63) is 54.1 Å². The Kier molecular flexibility index (Phi) is 17.5. The van der Waals surface area contributed by atoms with Gasteiger partial charge in [0.25, 0.3) is 5.92 Å². The van der Waals surface area contributed by atoms with Crippen LogP contribution in [0.5, 0.6) is 0 Å². The number of hydrogen-bond acceptors (Lipinski definition) is 0. The van der Waals surface area contributed by atoms with Crippen molar-refractivity contribution in [3.63, 3.8) is 0 Å². The molecule has 0 nitrogen and oxygen atoms in total. The summed E-state index contributed by atoms with van der Waals surface area (Å²) in [4.78, 5) is 0. The molecule has 0 amide bonds. The highest BCUT2D eigenvalue weighted by Gasteiger charge is 2.26. The van der Waals surface area contributed by atoms with E-state index in [2.05, 4.69) is 54.7 Å². The van der Waals surface area contributed by atoms with E-state index in [0.29, 0.717) is 16.9 Å². The molecule has 1 rings (SSSR count). The van der Waals surface area contributed by atoms with Gasteiger partial charge in [-0.1, -0.05) is 92.7 Å². The maximum absolute atomic E-state index is 13.0. The molecular formula is C25H44F2. The lowest BCUT2D eigenvalue weighted by Crippen LogP contribution is -2.09. The number of halogens is 2. The Labute approximate surface area is 168 Å². The van der Waals surface area contributed by atoms with Crippen LogP contribution in [-0.2, 0) is 5.92 Å². The standard InChI is InChI=1S/C11H12F2.C7H16.C5H10.C2H6/c1-4-9-6-5-8(2)10(7-9)11(3,12)13;1-5-6-7(2,3)4;1-4-5(2)3;1-2/h4-7H,1H2,2-3H3;5-6H2,1-4H3;4-5H,1H2,2-3H3;1-2H3. The molecule has 0 unspecified atom stereocenters. The fourth-order valence-corrected chi connectivity index (χ4v) is 1.99. The third-order valence-electron chi connectivity index (χ3n) is 3.44. The van der Waals surface area contributed by atoms with Gasteiger partial charge in [-0.05, 0) is 41.9 Å². The van der Waals surface area contributed by atoms with E-state index in [0.717, 1.165) is 12.5 Å². The van der Waals surface area contributed by atoms with Crippen molar-refractivity contribution >= 4 is 6.08 Å². The lowest BCUT2D eigenvalue weighted by molar-refractivity contribution is 0.0168. The van der Waals surface area contributed by atoms with Crippen LogP contribution in [0.1, 0.15) is 91.8 Å². The molecule has 1 aromatic carbocycles. The molecule has 0 N–H and O–H groups in total. The zero-order valence-electron chi connectivity index (χ0n) is 19.5. The molecule has 27 heavy (non-hydrogen) atoms. The molecule has 0 aliphatic heterocycles. The van der Waals surface area contributed by atoms with E-state index < -0.39 is 5.92 Å². The Balaban J connectivity index is -0.000000348. The molecule has 0 aliphatic rings. The smallest absolute Gasteiger partial charge is 0.202 e. The highest BCUT2D eigenvalue weighted by Crippen LogP contribution is 2.30. The minimum Gasteiger partial charge on any atom is -0.202 e. The zero-order valence-corrected chi connectivity index (χ0v) is 19.5. The maximum atomic E-state index is 13.0. The first-order chi connectivity index (χ1) is 12.3. The van der Waals surface area contributed by atoms with Gasteiger partial charge in [0.1, 0.15) is 0 Å². The van der Waals surface area contributed by atoms with Crippen LogP contribution < -0.4 is 0 Å². The summed E-state index contributed by atoms with van der Waals surface area (Å²) in [7, 11) is 0. The van der Waals surface area contributed by atoms with Crippen LogP contribution in [-0.4, -0.2) is 0 Å². The molecule has 0 heterocycles. The van der Waals surface area contributed by atoms with Crippen LogP contribution >= 0.6 is 0 Å². The molecule has 0 radical (unpaired) electrons. The third-order valence-corrected chi connectivity index (χ3v) is 3.44.